The smallest absolute Gasteiger partial charge is 0.251 e. The number of sulfonamides is 1. The van der Waals surface area contributed by atoms with Crippen LogP contribution in [-0.4, -0.2) is 33.5 Å². The van der Waals surface area contributed by atoms with E-state index < -0.39 is 10.0 Å². The fourth-order valence-corrected chi connectivity index (χ4v) is 3.07. The molecule has 1 amide bonds. The van der Waals surface area contributed by atoms with Gasteiger partial charge < -0.3 is 11.1 Å². The summed E-state index contributed by atoms with van der Waals surface area (Å²) in [6, 6.07) is 5.81. The van der Waals surface area contributed by atoms with Crippen LogP contribution in [-0.2, 0) is 10.0 Å². The van der Waals surface area contributed by atoms with Crippen LogP contribution in [0.5, 0.6) is 0 Å². The topological polar surface area (TPSA) is 101 Å². The van der Waals surface area contributed by atoms with E-state index in [-0.39, 0.29) is 35.8 Å². The van der Waals surface area contributed by atoms with Gasteiger partial charge in [0.15, 0.2) is 0 Å². The molecule has 24 heavy (non-hydrogen) atoms. The van der Waals surface area contributed by atoms with Gasteiger partial charge in [0.2, 0.25) is 10.0 Å². The molecule has 0 saturated carbocycles. The molecule has 136 valence electrons. The Kier molecular flexibility index (Phi) is 10.5. The van der Waals surface area contributed by atoms with Crippen LogP contribution in [0, 0.1) is 0 Å². The van der Waals surface area contributed by atoms with E-state index in [1.54, 1.807) is 12.1 Å². The van der Waals surface area contributed by atoms with Crippen LogP contribution >= 0.6 is 12.4 Å². The van der Waals surface area contributed by atoms with Crippen molar-refractivity contribution in [3.8, 4) is 0 Å². The minimum atomic E-state index is -3.65. The molecule has 1 atom stereocenters. The molecule has 1 rings (SSSR count). The maximum Gasteiger partial charge on any atom is 0.251 e. The Morgan fingerprint density at radius 1 is 1.42 bits per heavy atom. The number of unbranched alkanes of at least 4 members (excludes halogenated alkanes) is 1. The molecule has 0 aliphatic heterocycles. The molecule has 0 aromatic heterocycles. The molecule has 1 unspecified atom stereocenters. The Morgan fingerprint density at radius 2 is 2.12 bits per heavy atom. The van der Waals surface area contributed by atoms with E-state index >= 15 is 0 Å². The van der Waals surface area contributed by atoms with Gasteiger partial charge in [0.1, 0.15) is 0 Å². The summed E-state index contributed by atoms with van der Waals surface area (Å²) in [4.78, 5) is 12.3. The van der Waals surface area contributed by atoms with Crippen LogP contribution in [0.2, 0.25) is 0 Å². The Morgan fingerprint density at radius 3 is 2.71 bits per heavy atom. The van der Waals surface area contributed by atoms with Crippen molar-refractivity contribution in [1.82, 2.24) is 10.0 Å². The lowest BCUT2D eigenvalue weighted by Crippen LogP contribution is -2.40. The lowest BCUT2D eigenvalue weighted by atomic mass is 10.1. The van der Waals surface area contributed by atoms with Crippen molar-refractivity contribution < 1.29 is 13.2 Å². The van der Waals surface area contributed by atoms with Gasteiger partial charge in [0, 0.05) is 24.7 Å². The van der Waals surface area contributed by atoms with Crippen molar-refractivity contribution >= 4 is 28.3 Å². The van der Waals surface area contributed by atoms with Crippen molar-refractivity contribution in [2.75, 3.05) is 13.1 Å². The van der Waals surface area contributed by atoms with E-state index in [1.807, 2.05) is 0 Å². The summed E-state index contributed by atoms with van der Waals surface area (Å²) >= 11 is 0. The first-order valence-electron chi connectivity index (χ1n) is 7.66. The van der Waals surface area contributed by atoms with Crippen molar-refractivity contribution in [2.45, 2.75) is 37.1 Å². The molecule has 0 bridgehead atoms. The fraction of sp³-hybridized carbons (Fsp3) is 0.438. The van der Waals surface area contributed by atoms with Gasteiger partial charge in [-0.05, 0) is 24.6 Å². The number of nitrogens with two attached hydrogens (primary N) is 1. The highest BCUT2D eigenvalue weighted by atomic mass is 35.5. The summed E-state index contributed by atoms with van der Waals surface area (Å²) in [5.41, 5.74) is 5.96. The zero-order valence-electron chi connectivity index (χ0n) is 13.8. The molecule has 8 heteroatoms. The molecule has 1 aromatic carbocycles. The normalized spacial score (nSPS) is 12.1. The van der Waals surface area contributed by atoms with E-state index in [0.717, 1.165) is 19.3 Å². The molecule has 0 radical (unpaired) electrons. The molecule has 1 aromatic rings. The maximum atomic E-state index is 12.3. The van der Waals surface area contributed by atoms with Crippen LogP contribution in [0.4, 0.5) is 0 Å². The Bertz CT molecular complexity index is 635. The molecule has 4 N–H and O–H groups in total. The summed E-state index contributed by atoms with van der Waals surface area (Å²) in [6.45, 7) is 6.02. The highest BCUT2D eigenvalue weighted by molar-refractivity contribution is 7.89. The van der Waals surface area contributed by atoms with Gasteiger partial charge >= 0.3 is 0 Å². The second-order valence-electron chi connectivity index (χ2n) is 5.22. The number of carbonyl (C=O) groups is 1. The van der Waals surface area contributed by atoms with Crippen LogP contribution in [0.15, 0.2) is 41.8 Å². The first kappa shape index (κ1) is 22.6. The zero-order valence-corrected chi connectivity index (χ0v) is 15.5. The number of halogens is 1. The van der Waals surface area contributed by atoms with Crippen LogP contribution in [0.1, 0.15) is 36.5 Å². The maximum absolute atomic E-state index is 12.3. The quantitative estimate of drug-likeness (QED) is 0.543. The zero-order chi connectivity index (χ0) is 17.3. The van der Waals surface area contributed by atoms with Crippen molar-refractivity contribution in [1.29, 1.82) is 0 Å². The highest BCUT2D eigenvalue weighted by Crippen LogP contribution is 2.12. The lowest BCUT2D eigenvalue weighted by molar-refractivity contribution is 0.0935. The molecule has 0 aliphatic carbocycles. The van der Waals surface area contributed by atoms with E-state index in [9.17, 15) is 13.2 Å². The molecular formula is C16H26ClN3O3S. The van der Waals surface area contributed by atoms with Crippen LogP contribution in [0.25, 0.3) is 0 Å². The molecule has 0 heterocycles. The van der Waals surface area contributed by atoms with Gasteiger partial charge in [-0.25, -0.2) is 13.1 Å². The third-order valence-corrected chi connectivity index (χ3v) is 4.77. The van der Waals surface area contributed by atoms with Gasteiger partial charge in [0.25, 0.3) is 5.91 Å². The van der Waals surface area contributed by atoms with Crippen molar-refractivity contribution in [3.63, 3.8) is 0 Å². The predicted molar refractivity (Wildman–Crippen MR) is 98.9 cm³/mol. The molecule has 0 aliphatic rings. The van der Waals surface area contributed by atoms with Gasteiger partial charge in [0.05, 0.1) is 4.90 Å². The van der Waals surface area contributed by atoms with Crippen LogP contribution in [0.3, 0.4) is 0 Å². The molecule has 0 fully saturated rings. The monoisotopic (exact) mass is 375 g/mol. The third kappa shape index (κ3) is 7.00. The van der Waals surface area contributed by atoms with E-state index in [1.165, 1.54) is 18.2 Å². The molecule has 6 nitrogen and oxygen atoms in total. The standard InChI is InChI=1S/C16H25N3O3S.ClH/c1-3-5-8-14(12-17)19-16(20)13-7-6-9-15(11-13)23(21,22)18-10-4-2;/h4,6-7,9,11,14,18H,2-3,5,8,10,12,17H2,1H3,(H,19,20);1H. The highest BCUT2D eigenvalue weighted by Gasteiger charge is 2.17. The Balaban J connectivity index is 0.00000529. The van der Waals surface area contributed by atoms with Crippen LogP contribution < -0.4 is 15.8 Å². The van der Waals surface area contributed by atoms with Gasteiger partial charge in [-0.15, -0.1) is 19.0 Å². The van der Waals surface area contributed by atoms with E-state index in [0.29, 0.717) is 12.1 Å². The minimum absolute atomic E-state index is 0. The minimum Gasteiger partial charge on any atom is -0.348 e. The summed E-state index contributed by atoms with van der Waals surface area (Å²) in [5.74, 6) is -0.322. The third-order valence-electron chi connectivity index (χ3n) is 3.35. The number of benzene rings is 1. The average molecular weight is 376 g/mol. The number of rotatable bonds is 10. The first-order chi connectivity index (χ1) is 10.9. The number of hydrogen-bond donors (Lipinski definition) is 3. The molecule has 0 saturated heterocycles. The average Bonchev–Trinajstić information content (AvgIpc) is 2.56. The summed E-state index contributed by atoms with van der Waals surface area (Å²) < 4.78 is 26.5. The van der Waals surface area contributed by atoms with Gasteiger partial charge in [-0.1, -0.05) is 31.9 Å². The van der Waals surface area contributed by atoms with Gasteiger partial charge in [-0.2, -0.15) is 0 Å². The summed E-state index contributed by atoms with van der Waals surface area (Å²) in [6.07, 6.45) is 4.25. The largest absolute Gasteiger partial charge is 0.348 e. The number of amides is 1. The van der Waals surface area contributed by atoms with E-state index in [2.05, 4.69) is 23.5 Å². The number of hydrogen-bond acceptors (Lipinski definition) is 4. The predicted octanol–water partition coefficient (Wildman–Crippen LogP) is 1.82. The van der Waals surface area contributed by atoms with E-state index in [4.69, 9.17) is 5.73 Å². The second-order valence-corrected chi connectivity index (χ2v) is 6.98. The lowest BCUT2D eigenvalue weighted by Gasteiger charge is -2.16. The Hall–Kier alpha value is -1.41. The fourth-order valence-electron chi connectivity index (χ4n) is 2.02. The SMILES string of the molecule is C=CCNS(=O)(=O)c1cccc(C(=O)NC(CN)CCCC)c1.Cl. The van der Waals surface area contributed by atoms with Crippen molar-refractivity contribution in [2.24, 2.45) is 5.73 Å². The second kappa shape index (κ2) is 11.2. The number of carbonyl (C=O) groups excluding carboxylic acids is 1. The van der Waals surface area contributed by atoms with Crippen molar-refractivity contribution in [3.05, 3.63) is 42.5 Å². The Labute approximate surface area is 150 Å². The van der Waals surface area contributed by atoms with Gasteiger partial charge in [-0.3, -0.25) is 4.79 Å². The number of nitrogens with one attached hydrogen (secondary N) is 2. The first-order valence-corrected chi connectivity index (χ1v) is 9.14. The summed E-state index contributed by atoms with van der Waals surface area (Å²) in [7, 11) is -3.65. The molecular weight excluding hydrogens is 350 g/mol. The molecule has 0 spiro atoms. The summed E-state index contributed by atoms with van der Waals surface area (Å²) in [5, 5.41) is 2.84.